The minimum absolute atomic E-state index is 0.653. The Labute approximate surface area is 103 Å². The molecule has 0 fully saturated rings. The van der Waals surface area contributed by atoms with Crippen LogP contribution in [0.5, 0.6) is 0 Å². The molecule has 1 aromatic heterocycles. The molecule has 0 unspecified atom stereocenters. The predicted octanol–water partition coefficient (Wildman–Crippen LogP) is 3.48. The average Bonchev–Trinajstić information content (AvgIpc) is 2.22. The SMILES string of the molecule is Cc1cnc(Nc2cccc(Br)c2)c(N)c1. The van der Waals surface area contributed by atoms with Gasteiger partial charge in [-0.15, -0.1) is 0 Å². The zero-order valence-electron chi connectivity index (χ0n) is 8.87. The first kappa shape index (κ1) is 11.0. The average molecular weight is 278 g/mol. The van der Waals surface area contributed by atoms with Crippen molar-refractivity contribution in [2.24, 2.45) is 0 Å². The number of nitrogens with two attached hydrogens (primary N) is 1. The molecule has 0 saturated heterocycles. The Balaban J connectivity index is 2.27. The summed E-state index contributed by atoms with van der Waals surface area (Å²) in [7, 11) is 0. The fourth-order valence-corrected chi connectivity index (χ4v) is 1.80. The number of nitrogens with zero attached hydrogens (tertiary/aromatic N) is 1. The molecule has 16 heavy (non-hydrogen) atoms. The molecular formula is C12H12BrN3. The van der Waals surface area contributed by atoms with E-state index < -0.39 is 0 Å². The summed E-state index contributed by atoms with van der Waals surface area (Å²) in [6.07, 6.45) is 1.79. The van der Waals surface area contributed by atoms with Crippen LogP contribution in [0.1, 0.15) is 5.56 Å². The van der Waals surface area contributed by atoms with Crippen molar-refractivity contribution in [1.82, 2.24) is 4.98 Å². The smallest absolute Gasteiger partial charge is 0.153 e. The lowest BCUT2D eigenvalue weighted by Crippen LogP contribution is -1.99. The third-order valence-corrected chi connectivity index (χ3v) is 2.63. The summed E-state index contributed by atoms with van der Waals surface area (Å²) in [5.74, 6) is 0.684. The highest BCUT2D eigenvalue weighted by molar-refractivity contribution is 9.10. The van der Waals surface area contributed by atoms with Gasteiger partial charge in [0.15, 0.2) is 5.82 Å². The first-order chi connectivity index (χ1) is 7.65. The number of benzene rings is 1. The Morgan fingerprint density at radius 2 is 2.12 bits per heavy atom. The molecule has 2 rings (SSSR count). The monoisotopic (exact) mass is 277 g/mol. The molecule has 0 aliphatic rings. The van der Waals surface area contributed by atoms with E-state index in [0.717, 1.165) is 15.7 Å². The van der Waals surface area contributed by atoms with Crippen LogP contribution in [0, 0.1) is 6.92 Å². The molecule has 0 aliphatic carbocycles. The van der Waals surface area contributed by atoms with Crippen LogP contribution < -0.4 is 11.1 Å². The van der Waals surface area contributed by atoms with Gasteiger partial charge in [0.25, 0.3) is 0 Å². The van der Waals surface area contributed by atoms with Crippen molar-refractivity contribution in [2.45, 2.75) is 6.92 Å². The molecule has 4 heteroatoms. The van der Waals surface area contributed by atoms with Gasteiger partial charge in [0.05, 0.1) is 5.69 Å². The molecule has 1 heterocycles. The second kappa shape index (κ2) is 4.53. The van der Waals surface area contributed by atoms with Crippen LogP contribution in [0.3, 0.4) is 0 Å². The molecule has 0 radical (unpaired) electrons. The standard InChI is InChI=1S/C12H12BrN3/c1-8-5-11(14)12(15-7-8)16-10-4-2-3-9(13)6-10/h2-7H,14H2,1H3,(H,15,16). The Hall–Kier alpha value is -1.55. The van der Waals surface area contributed by atoms with E-state index in [1.54, 1.807) is 6.20 Å². The predicted molar refractivity (Wildman–Crippen MR) is 70.8 cm³/mol. The molecule has 0 spiro atoms. The Morgan fingerprint density at radius 1 is 1.31 bits per heavy atom. The first-order valence-corrected chi connectivity index (χ1v) is 5.69. The second-order valence-corrected chi connectivity index (χ2v) is 4.50. The number of hydrogen-bond donors (Lipinski definition) is 2. The van der Waals surface area contributed by atoms with E-state index in [-0.39, 0.29) is 0 Å². The third kappa shape index (κ3) is 2.52. The maximum atomic E-state index is 5.87. The lowest BCUT2D eigenvalue weighted by atomic mass is 10.2. The lowest BCUT2D eigenvalue weighted by Gasteiger charge is -2.08. The van der Waals surface area contributed by atoms with Crippen LogP contribution in [-0.2, 0) is 0 Å². The van der Waals surface area contributed by atoms with E-state index >= 15 is 0 Å². The third-order valence-electron chi connectivity index (χ3n) is 2.14. The van der Waals surface area contributed by atoms with E-state index in [4.69, 9.17) is 5.73 Å². The van der Waals surface area contributed by atoms with Crippen LogP contribution in [0.25, 0.3) is 0 Å². The van der Waals surface area contributed by atoms with Crippen LogP contribution in [0.4, 0.5) is 17.2 Å². The number of nitrogen functional groups attached to an aromatic ring is 1. The highest BCUT2D eigenvalue weighted by Gasteiger charge is 2.01. The second-order valence-electron chi connectivity index (χ2n) is 3.59. The van der Waals surface area contributed by atoms with Crippen molar-refractivity contribution in [2.75, 3.05) is 11.1 Å². The highest BCUT2D eigenvalue weighted by Crippen LogP contribution is 2.23. The van der Waals surface area contributed by atoms with Crippen molar-refractivity contribution in [1.29, 1.82) is 0 Å². The number of nitrogens with one attached hydrogen (secondary N) is 1. The molecule has 2 aromatic rings. The van der Waals surface area contributed by atoms with Gasteiger partial charge in [0.2, 0.25) is 0 Å². The Kier molecular flexibility index (Phi) is 3.10. The van der Waals surface area contributed by atoms with E-state index in [1.807, 2.05) is 37.3 Å². The molecule has 82 valence electrons. The highest BCUT2D eigenvalue weighted by atomic mass is 79.9. The van der Waals surface area contributed by atoms with Gasteiger partial charge in [0, 0.05) is 16.4 Å². The fraction of sp³-hybridized carbons (Fsp3) is 0.0833. The molecular weight excluding hydrogens is 266 g/mol. The van der Waals surface area contributed by atoms with Crippen molar-refractivity contribution in [3.05, 3.63) is 46.6 Å². The quantitative estimate of drug-likeness (QED) is 0.884. The van der Waals surface area contributed by atoms with Crippen molar-refractivity contribution in [3.63, 3.8) is 0 Å². The topological polar surface area (TPSA) is 50.9 Å². The summed E-state index contributed by atoms with van der Waals surface area (Å²) in [6.45, 7) is 1.96. The summed E-state index contributed by atoms with van der Waals surface area (Å²) in [5, 5.41) is 3.17. The van der Waals surface area contributed by atoms with Gasteiger partial charge in [-0.05, 0) is 36.8 Å². The van der Waals surface area contributed by atoms with Gasteiger partial charge in [-0.3, -0.25) is 0 Å². The summed E-state index contributed by atoms with van der Waals surface area (Å²) < 4.78 is 1.02. The zero-order chi connectivity index (χ0) is 11.5. The lowest BCUT2D eigenvalue weighted by molar-refractivity contribution is 1.26. The maximum Gasteiger partial charge on any atom is 0.153 e. The van der Waals surface area contributed by atoms with Crippen LogP contribution in [0.2, 0.25) is 0 Å². The van der Waals surface area contributed by atoms with Crippen molar-refractivity contribution >= 4 is 33.1 Å². The fourth-order valence-electron chi connectivity index (χ4n) is 1.40. The minimum Gasteiger partial charge on any atom is -0.396 e. The number of hydrogen-bond acceptors (Lipinski definition) is 3. The summed E-state index contributed by atoms with van der Waals surface area (Å²) >= 11 is 3.41. The maximum absolute atomic E-state index is 5.87. The summed E-state index contributed by atoms with van der Waals surface area (Å²) in [4.78, 5) is 4.25. The van der Waals surface area contributed by atoms with Crippen LogP contribution in [0.15, 0.2) is 41.0 Å². The number of rotatable bonds is 2. The minimum atomic E-state index is 0.653. The van der Waals surface area contributed by atoms with Gasteiger partial charge < -0.3 is 11.1 Å². The zero-order valence-corrected chi connectivity index (χ0v) is 10.5. The van der Waals surface area contributed by atoms with E-state index in [0.29, 0.717) is 11.5 Å². The van der Waals surface area contributed by atoms with Gasteiger partial charge in [-0.2, -0.15) is 0 Å². The van der Waals surface area contributed by atoms with E-state index in [2.05, 4.69) is 26.2 Å². The first-order valence-electron chi connectivity index (χ1n) is 4.90. The molecule has 0 amide bonds. The molecule has 3 N–H and O–H groups in total. The van der Waals surface area contributed by atoms with Crippen molar-refractivity contribution < 1.29 is 0 Å². The molecule has 0 saturated carbocycles. The van der Waals surface area contributed by atoms with Crippen molar-refractivity contribution in [3.8, 4) is 0 Å². The largest absolute Gasteiger partial charge is 0.396 e. The molecule has 0 aliphatic heterocycles. The Morgan fingerprint density at radius 3 is 2.81 bits per heavy atom. The van der Waals surface area contributed by atoms with Gasteiger partial charge in [0.1, 0.15) is 0 Å². The molecule has 0 atom stereocenters. The van der Waals surface area contributed by atoms with E-state index in [9.17, 15) is 0 Å². The van der Waals surface area contributed by atoms with Gasteiger partial charge >= 0.3 is 0 Å². The number of pyridine rings is 1. The summed E-state index contributed by atoms with van der Waals surface area (Å²) in [6, 6.07) is 9.76. The van der Waals surface area contributed by atoms with Gasteiger partial charge in [-0.25, -0.2) is 4.98 Å². The number of halogens is 1. The van der Waals surface area contributed by atoms with Gasteiger partial charge in [-0.1, -0.05) is 22.0 Å². The normalized spacial score (nSPS) is 10.1. The van der Waals surface area contributed by atoms with E-state index in [1.165, 1.54) is 0 Å². The molecule has 1 aromatic carbocycles. The number of aromatic nitrogens is 1. The number of aryl methyl sites for hydroxylation is 1. The number of anilines is 3. The Bertz CT molecular complexity index is 511. The summed E-state index contributed by atoms with van der Waals surface area (Å²) in [5.41, 5.74) is 8.53. The molecule has 0 bridgehead atoms. The van der Waals surface area contributed by atoms with Crippen LogP contribution >= 0.6 is 15.9 Å². The molecule has 3 nitrogen and oxygen atoms in total. The van der Waals surface area contributed by atoms with Crippen LogP contribution in [-0.4, -0.2) is 4.98 Å².